The van der Waals surface area contributed by atoms with Gasteiger partial charge in [-0.3, -0.25) is 0 Å². The monoisotopic (exact) mass is 846 g/mol. The van der Waals surface area contributed by atoms with E-state index in [0.717, 1.165) is 99.5 Å². The first-order valence-electron chi connectivity index (χ1n) is 21.9. The number of allylic oxidation sites excluding steroid dienone is 2. The van der Waals surface area contributed by atoms with Crippen LogP contribution in [0.3, 0.4) is 0 Å². The predicted octanol–water partition coefficient (Wildman–Crippen LogP) is 14.9. The molecule has 0 spiro atoms. The van der Waals surface area contributed by atoms with Crippen LogP contribution in [0.5, 0.6) is 0 Å². The van der Waals surface area contributed by atoms with Gasteiger partial charge in [-0.2, -0.15) is 5.26 Å². The van der Waals surface area contributed by atoms with Crippen LogP contribution in [0.25, 0.3) is 117 Å². The fourth-order valence-electron chi connectivity index (χ4n) is 9.56. The first-order valence-corrected chi connectivity index (χ1v) is 21.9. The summed E-state index contributed by atoms with van der Waals surface area (Å²) in [6.07, 6.45) is 5.89. The van der Waals surface area contributed by atoms with Crippen LogP contribution >= 0.6 is 0 Å². The molecule has 12 aromatic rings. The van der Waals surface area contributed by atoms with Crippen molar-refractivity contribution in [1.82, 2.24) is 24.1 Å². The molecular formula is C59H38N6O. The molecule has 0 saturated heterocycles. The van der Waals surface area contributed by atoms with E-state index in [1.807, 2.05) is 103 Å². The van der Waals surface area contributed by atoms with Crippen molar-refractivity contribution < 1.29 is 4.42 Å². The molecule has 0 radical (unpaired) electrons. The van der Waals surface area contributed by atoms with E-state index in [1.165, 1.54) is 0 Å². The standard InChI is InChI=1S/C59H38N6O/c1-3-4-23-48-37(2)54-51(64(48)52-25-15-22-47-45-21-12-14-26-53(45)66-56(47)52)34-32-46-44-20-11-13-24-50(44)65(55(46)54)49-33-31-42(35-43(49)36-60)59-62-57(40-18-9-6-10-19-40)61-58(63-59)41-29-27-39(28-30-41)38-16-7-5-8-17-38/h3-35H,1H2,2H3/b23-4-. The number of hydrogen-bond acceptors (Lipinski definition) is 5. The van der Waals surface area contributed by atoms with Gasteiger partial charge in [-0.25, -0.2) is 15.0 Å². The van der Waals surface area contributed by atoms with E-state index in [0.29, 0.717) is 28.6 Å². The van der Waals surface area contributed by atoms with E-state index in [9.17, 15) is 5.26 Å². The van der Waals surface area contributed by atoms with Crippen LogP contribution in [-0.2, 0) is 0 Å². The van der Waals surface area contributed by atoms with Gasteiger partial charge in [0.2, 0.25) is 0 Å². The van der Waals surface area contributed by atoms with Gasteiger partial charge >= 0.3 is 0 Å². The van der Waals surface area contributed by atoms with Gasteiger partial charge in [0, 0.05) is 49.3 Å². The summed E-state index contributed by atoms with van der Waals surface area (Å²) >= 11 is 0. The Bertz CT molecular complexity index is 3960. The molecule has 0 fully saturated rings. The number of benzene rings is 8. The van der Waals surface area contributed by atoms with Crippen LogP contribution in [0.2, 0.25) is 0 Å². The Balaban J connectivity index is 1.07. The summed E-state index contributed by atoms with van der Waals surface area (Å²) in [5, 5.41) is 16.5. The number of rotatable bonds is 8. The Morgan fingerprint density at radius 2 is 1.14 bits per heavy atom. The molecule has 0 atom stereocenters. The van der Waals surface area contributed by atoms with Crippen LogP contribution in [-0.4, -0.2) is 24.1 Å². The van der Waals surface area contributed by atoms with Crippen molar-refractivity contribution in [2.24, 2.45) is 0 Å². The highest BCUT2D eigenvalue weighted by Gasteiger charge is 2.25. The van der Waals surface area contributed by atoms with Crippen LogP contribution in [0.15, 0.2) is 205 Å². The van der Waals surface area contributed by atoms with E-state index in [2.05, 4.69) is 120 Å². The fourth-order valence-corrected chi connectivity index (χ4v) is 9.56. The number of furan rings is 1. The van der Waals surface area contributed by atoms with Crippen LogP contribution in [0.4, 0.5) is 0 Å². The Labute approximate surface area is 380 Å². The summed E-state index contributed by atoms with van der Waals surface area (Å²) in [4.78, 5) is 15.1. The molecule has 4 aromatic heterocycles. The van der Waals surface area contributed by atoms with Crippen LogP contribution < -0.4 is 0 Å². The molecule has 0 unspecified atom stereocenters. The van der Waals surface area contributed by atoms with Crippen LogP contribution in [0, 0.1) is 18.3 Å². The van der Waals surface area contributed by atoms with Gasteiger partial charge in [0.1, 0.15) is 11.7 Å². The van der Waals surface area contributed by atoms with Gasteiger partial charge < -0.3 is 13.6 Å². The summed E-state index contributed by atoms with van der Waals surface area (Å²) in [6.45, 7) is 6.19. The largest absolute Gasteiger partial charge is 0.454 e. The number of nitrogens with zero attached hydrogens (tertiary/aromatic N) is 6. The lowest BCUT2D eigenvalue weighted by Crippen LogP contribution is -2.02. The van der Waals surface area contributed by atoms with Gasteiger partial charge in [0.15, 0.2) is 23.1 Å². The fraction of sp³-hybridized carbons (Fsp3) is 0.0169. The molecule has 0 N–H and O–H groups in total. The third kappa shape index (κ3) is 6.16. The minimum Gasteiger partial charge on any atom is -0.454 e. The molecule has 7 heteroatoms. The van der Waals surface area contributed by atoms with E-state index in [1.54, 1.807) is 6.08 Å². The minimum atomic E-state index is 0.477. The van der Waals surface area contributed by atoms with Crippen molar-refractivity contribution in [3.63, 3.8) is 0 Å². The third-order valence-corrected chi connectivity index (χ3v) is 12.6. The average molecular weight is 847 g/mol. The second-order valence-corrected chi connectivity index (χ2v) is 16.4. The van der Waals surface area contributed by atoms with Gasteiger partial charge in [-0.15, -0.1) is 0 Å². The van der Waals surface area contributed by atoms with Crippen molar-refractivity contribution in [2.45, 2.75) is 6.92 Å². The molecule has 0 amide bonds. The quantitative estimate of drug-likeness (QED) is 0.142. The normalized spacial score (nSPS) is 11.7. The van der Waals surface area contributed by atoms with Crippen molar-refractivity contribution in [3.8, 4) is 62.7 Å². The number of aromatic nitrogens is 5. The number of para-hydroxylation sites is 3. The number of aryl methyl sites for hydroxylation is 1. The zero-order valence-corrected chi connectivity index (χ0v) is 35.9. The summed E-state index contributed by atoms with van der Waals surface area (Å²) in [6, 6.07) is 64.4. The molecule has 8 aromatic carbocycles. The van der Waals surface area contributed by atoms with Crippen LogP contribution in [0.1, 0.15) is 16.8 Å². The lowest BCUT2D eigenvalue weighted by molar-refractivity contribution is 0.666. The Morgan fingerprint density at radius 1 is 0.530 bits per heavy atom. The van der Waals surface area contributed by atoms with Gasteiger partial charge in [0.05, 0.1) is 33.5 Å². The van der Waals surface area contributed by atoms with Gasteiger partial charge in [0.25, 0.3) is 0 Å². The Morgan fingerprint density at radius 3 is 1.88 bits per heavy atom. The molecule has 0 aliphatic heterocycles. The lowest BCUT2D eigenvalue weighted by atomic mass is 10.0. The van der Waals surface area contributed by atoms with Gasteiger partial charge in [-0.1, -0.05) is 158 Å². The van der Waals surface area contributed by atoms with E-state index < -0.39 is 0 Å². The van der Waals surface area contributed by atoms with Gasteiger partial charge in [-0.05, 0) is 72.2 Å². The summed E-state index contributed by atoms with van der Waals surface area (Å²) in [5.74, 6) is 1.57. The topological polar surface area (TPSA) is 85.5 Å². The first kappa shape index (κ1) is 38.5. The summed E-state index contributed by atoms with van der Waals surface area (Å²) in [7, 11) is 0. The Kier molecular flexibility index (Phi) is 9.11. The Hall–Kier alpha value is -9.12. The number of hydrogen-bond donors (Lipinski definition) is 0. The summed E-state index contributed by atoms with van der Waals surface area (Å²) < 4.78 is 11.2. The van der Waals surface area contributed by atoms with E-state index in [-0.39, 0.29) is 0 Å². The maximum absolute atomic E-state index is 11.1. The third-order valence-electron chi connectivity index (χ3n) is 12.6. The van der Waals surface area contributed by atoms with E-state index >= 15 is 0 Å². The zero-order valence-electron chi connectivity index (χ0n) is 35.9. The van der Waals surface area contributed by atoms with Crippen molar-refractivity contribution >= 4 is 60.7 Å². The lowest BCUT2D eigenvalue weighted by Gasteiger charge is -2.13. The van der Waals surface area contributed by atoms with Crippen molar-refractivity contribution in [2.75, 3.05) is 0 Å². The highest BCUT2D eigenvalue weighted by molar-refractivity contribution is 6.20. The molecule has 7 nitrogen and oxygen atoms in total. The van der Waals surface area contributed by atoms with Crippen molar-refractivity contribution in [3.05, 3.63) is 218 Å². The smallest absolute Gasteiger partial charge is 0.164 e. The molecule has 0 aliphatic carbocycles. The predicted molar refractivity (Wildman–Crippen MR) is 269 cm³/mol. The molecule has 0 bridgehead atoms. The minimum absolute atomic E-state index is 0.477. The van der Waals surface area contributed by atoms with E-state index in [4.69, 9.17) is 19.4 Å². The maximum atomic E-state index is 11.1. The molecular weight excluding hydrogens is 809 g/mol. The highest BCUT2D eigenvalue weighted by Crippen LogP contribution is 2.43. The van der Waals surface area contributed by atoms with Crippen molar-refractivity contribution in [1.29, 1.82) is 5.26 Å². The second-order valence-electron chi connectivity index (χ2n) is 16.4. The number of fused-ring (bicyclic) bond motifs is 8. The maximum Gasteiger partial charge on any atom is 0.164 e. The number of nitriles is 1. The zero-order chi connectivity index (χ0) is 44.3. The highest BCUT2D eigenvalue weighted by atomic mass is 16.3. The molecule has 12 rings (SSSR count). The molecule has 4 heterocycles. The summed E-state index contributed by atoms with van der Waals surface area (Å²) in [5.41, 5.74) is 13.6. The molecule has 310 valence electrons. The molecule has 0 saturated carbocycles. The first-order chi connectivity index (χ1) is 32.6. The molecule has 66 heavy (non-hydrogen) atoms. The molecule has 0 aliphatic rings. The second kappa shape index (κ2) is 15.6. The average Bonchev–Trinajstić information content (AvgIpc) is 4.03. The SMILES string of the molecule is C=C/C=C\c1c(C)c2c(ccc3c4ccccc4n(-c4ccc(-c5nc(-c6ccccc6)nc(-c6ccc(-c7ccccc7)cc6)n5)cc4C#N)c32)n1-c1cccc2c1oc1ccccc12.